The number of benzene rings is 2. The SMILES string of the molecule is CCCCC(NC(=O)C(CCCOC)NC(=O)OCC1c2ccccc2-c2ccccc21)C(=O)O. The Morgan fingerprint density at radius 2 is 1.51 bits per heavy atom. The van der Waals surface area contributed by atoms with Gasteiger partial charge in [0.15, 0.2) is 0 Å². The number of ether oxygens (including phenoxy) is 2. The first kappa shape index (κ1) is 26.2. The van der Waals surface area contributed by atoms with Crippen molar-refractivity contribution < 1.29 is 29.0 Å². The number of amides is 2. The van der Waals surface area contributed by atoms with Crippen LogP contribution in [0.25, 0.3) is 11.1 Å². The number of carbonyl (C=O) groups is 3. The average Bonchev–Trinajstić information content (AvgIpc) is 3.18. The number of carboxylic acid groups (broad SMARTS) is 1. The van der Waals surface area contributed by atoms with Crippen molar-refractivity contribution in [1.82, 2.24) is 10.6 Å². The van der Waals surface area contributed by atoms with Crippen molar-refractivity contribution in [1.29, 1.82) is 0 Å². The minimum absolute atomic E-state index is 0.0978. The van der Waals surface area contributed by atoms with Gasteiger partial charge >= 0.3 is 12.1 Å². The van der Waals surface area contributed by atoms with Gasteiger partial charge < -0.3 is 25.2 Å². The van der Waals surface area contributed by atoms with Gasteiger partial charge in [0.2, 0.25) is 5.91 Å². The molecule has 3 N–H and O–H groups in total. The van der Waals surface area contributed by atoms with Crippen LogP contribution in [0.3, 0.4) is 0 Å². The summed E-state index contributed by atoms with van der Waals surface area (Å²) in [5.41, 5.74) is 4.44. The number of hydrogen-bond acceptors (Lipinski definition) is 5. The minimum atomic E-state index is -1.09. The second-order valence-corrected chi connectivity index (χ2v) is 8.70. The van der Waals surface area contributed by atoms with Crippen molar-refractivity contribution in [2.45, 2.75) is 57.0 Å². The summed E-state index contributed by atoms with van der Waals surface area (Å²) >= 11 is 0. The van der Waals surface area contributed by atoms with E-state index in [-0.39, 0.29) is 12.5 Å². The molecule has 2 aromatic carbocycles. The summed E-state index contributed by atoms with van der Waals surface area (Å²) in [5, 5.41) is 14.6. The van der Waals surface area contributed by atoms with E-state index in [2.05, 4.69) is 22.8 Å². The molecule has 2 unspecified atom stereocenters. The molecule has 2 atom stereocenters. The Morgan fingerprint density at radius 3 is 2.09 bits per heavy atom. The van der Waals surface area contributed by atoms with Crippen LogP contribution in [0, 0.1) is 0 Å². The fourth-order valence-electron chi connectivity index (χ4n) is 4.42. The molecule has 1 aliphatic carbocycles. The van der Waals surface area contributed by atoms with E-state index in [0.29, 0.717) is 32.3 Å². The monoisotopic (exact) mass is 482 g/mol. The number of alkyl carbamates (subject to hydrolysis) is 1. The molecule has 8 heteroatoms. The summed E-state index contributed by atoms with van der Waals surface area (Å²) in [7, 11) is 1.55. The topological polar surface area (TPSA) is 114 Å². The molecule has 8 nitrogen and oxygen atoms in total. The Labute approximate surface area is 206 Å². The third-order valence-electron chi connectivity index (χ3n) is 6.25. The van der Waals surface area contributed by atoms with Crippen LogP contribution < -0.4 is 10.6 Å². The molecule has 0 spiro atoms. The average molecular weight is 483 g/mol. The van der Waals surface area contributed by atoms with Gasteiger partial charge in [-0.05, 0) is 41.5 Å². The highest BCUT2D eigenvalue weighted by Gasteiger charge is 2.30. The van der Waals surface area contributed by atoms with Crippen molar-refractivity contribution in [3.05, 3.63) is 59.7 Å². The third kappa shape index (κ3) is 6.82. The standard InChI is InChI=1S/C27H34N2O6/c1-3-4-14-24(26(31)32)28-25(30)23(15-9-16-34-2)29-27(33)35-17-22-20-12-7-5-10-18(20)19-11-6-8-13-21(19)22/h5-8,10-13,22-24H,3-4,9,14-17H2,1-2H3,(H,28,30)(H,29,33)(H,31,32). The van der Waals surface area contributed by atoms with Gasteiger partial charge in [-0.25, -0.2) is 9.59 Å². The molecule has 35 heavy (non-hydrogen) atoms. The zero-order valence-electron chi connectivity index (χ0n) is 20.3. The number of rotatable bonds is 13. The Bertz CT molecular complexity index is 979. The molecule has 0 fully saturated rings. The van der Waals surface area contributed by atoms with Gasteiger partial charge in [-0.15, -0.1) is 0 Å². The van der Waals surface area contributed by atoms with Crippen molar-refractivity contribution in [2.75, 3.05) is 20.3 Å². The van der Waals surface area contributed by atoms with Gasteiger partial charge in [-0.2, -0.15) is 0 Å². The molecule has 0 aromatic heterocycles. The lowest BCUT2D eigenvalue weighted by molar-refractivity contribution is -0.142. The first-order valence-electron chi connectivity index (χ1n) is 12.1. The molecule has 188 valence electrons. The largest absolute Gasteiger partial charge is 0.480 e. The number of aliphatic carboxylic acids is 1. The number of methoxy groups -OCH3 is 1. The van der Waals surface area contributed by atoms with E-state index in [9.17, 15) is 19.5 Å². The van der Waals surface area contributed by atoms with Gasteiger partial charge in [-0.1, -0.05) is 68.3 Å². The van der Waals surface area contributed by atoms with E-state index >= 15 is 0 Å². The summed E-state index contributed by atoms with van der Waals surface area (Å²) in [5.74, 6) is -1.74. The van der Waals surface area contributed by atoms with Gasteiger partial charge in [0.25, 0.3) is 0 Å². The van der Waals surface area contributed by atoms with Gasteiger partial charge in [0, 0.05) is 19.6 Å². The fourth-order valence-corrected chi connectivity index (χ4v) is 4.42. The number of carbonyl (C=O) groups excluding carboxylic acids is 2. The minimum Gasteiger partial charge on any atom is -0.480 e. The number of unbranched alkanes of at least 4 members (excludes halogenated alkanes) is 1. The first-order chi connectivity index (χ1) is 17.0. The van der Waals surface area contributed by atoms with Crippen molar-refractivity contribution in [2.24, 2.45) is 0 Å². The second-order valence-electron chi connectivity index (χ2n) is 8.70. The Hall–Kier alpha value is -3.39. The Balaban J connectivity index is 1.64. The van der Waals surface area contributed by atoms with Crippen LogP contribution in [-0.2, 0) is 19.1 Å². The molecule has 1 aliphatic rings. The van der Waals surface area contributed by atoms with Crippen LogP contribution in [0.2, 0.25) is 0 Å². The molecular weight excluding hydrogens is 448 g/mol. The molecule has 3 rings (SSSR count). The molecule has 0 aliphatic heterocycles. The molecule has 0 saturated heterocycles. The molecule has 0 saturated carbocycles. The summed E-state index contributed by atoms with van der Waals surface area (Å²) in [6.45, 7) is 2.49. The van der Waals surface area contributed by atoms with E-state index in [4.69, 9.17) is 9.47 Å². The third-order valence-corrected chi connectivity index (χ3v) is 6.25. The lowest BCUT2D eigenvalue weighted by Crippen LogP contribution is -2.51. The van der Waals surface area contributed by atoms with E-state index < -0.39 is 30.1 Å². The second kappa shape index (κ2) is 12.9. The summed E-state index contributed by atoms with van der Waals surface area (Å²) < 4.78 is 10.6. The molecule has 2 amide bonds. The normalized spacial score (nSPS) is 13.9. The van der Waals surface area contributed by atoms with Gasteiger partial charge in [-0.3, -0.25) is 4.79 Å². The number of carboxylic acids is 1. The van der Waals surface area contributed by atoms with Crippen molar-refractivity contribution in [3.8, 4) is 11.1 Å². The molecule has 0 radical (unpaired) electrons. The molecule has 0 bridgehead atoms. The smallest absolute Gasteiger partial charge is 0.407 e. The van der Waals surface area contributed by atoms with E-state index in [1.807, 2.05) is 43.3 Å². The predicted molar refractivity (Wildman–Crippen MR) is 132 cm³/mol. The van der Waals surface area contributed by atoms with E-state index in [1.54, 1.807) is 7.11 Å². The Kier molecular flexibility index (Phi) is 9.66. The van der Waals surface area contributed by atoms with Crippen LogP contribution in [0.1, 0.15) is 56.1 Å². The summed E-state index contributed by atoms with van der Waals surface area (Å²) in [4.78, 5) is 37.1. The highest BCUT2D eigenvalue weighted by atomic mass is 16.5. The summed E-state index contributed by atoms with van der Waals surface area (Å²) in [6, 6.07) is 14.1. The lowest BCUT2D eigenvalue weighted by atomic mass is 9.98. The van der Waals surface area contributed by atoms with Crippen molar-refractivity contribution >= 4 is 18.0 Å². The lowest BCUT2D eigenvalue weighted by Gasteiger charge is -2.22. The maximum Gasteiger partial charge on any atom is 0.407 e. The fraction of sp³-hybridized carbons (Fsp3) is 0.444. The first-order valence-corrected chi connectivity index (χ1v) is 12.1. The van der Waals surface area contributed by atoms with Crippen LogP contribution >= 0.6 is 0 Å². The quantitative estimate of drug-likeness (QED) is 0.371. The van der Waals surface area contributed by atoms with Crippen LogP contribution in [-0.4, -0.2) is 55.5 Å². The number of hydrogen-bond donors (Lipinski definition) is 3. The highest BCUT2D eigenvalue weighted by molar-refractivity contribution is 5.89. The Morgan fingerprint density at radius 1 is 0.914 bits per heavy atom. The number of fused-ring (bicyclic) bond motifs is 3. The maximum atomic E-state index is 12.9. The molecule has 0 heterocycles. The van der Waals surface area contributed by atoms with E-state index in [0.717, 1.165) is 28.7 Å². The highest BCUT2D eigenvalue weighted by Crippen LogP contribution is 2.44. The zero-order chi connectivity index (χ0) is 25.2. The molecular formula is C27H34N2O6. The van der Waals surface area contributed by atoms with Crippen molar-refractivity contribution in [3.63, 3.8) is 0 Å². The van der Waals surface area contributed by atoms with Crippen LogP contribution in [0.15, 0.2) is 48.5 Å². The molecule has 2 aromatic rings. The zero-order valence-corrected chi connectivity index (χ0v) is 20.3. The summed E-state index contributed by atoms with van der Waals surface area (Å²) in [6.07, 6.45) is 1.91. The van der Waals surface area contributed by atoms with Crippen LogP contribution in [0.4, 0.5) is 4.79 Å². The van der Waals surface area contributed by atoms with E-state index in [1.165, 1.54) is 0 Å². The number of nitrogens with one attached hydrogen (secondary N) is 2. The predicted octanol–water partition coefficient (Wildman–Crippen LogP) is 4.08. The van der Waals surface area contributed by atoms with Gasteiger partial charge in [0.1, 0.15) is 18.7 Å². The van der Waals surface area contributed by atoms with Gasteiger partial charge in [0.05, 0.1) is 0 Å². The maximum absolute atomic E-state index is 12.9. The van der Waals surface area contributed by atoms with Crippen LogP contribution in [0.5, 0.6) is 0 Å².